The van der Waals surface area contributed by atoms with E-state index in [-0.39, 0.29) is 17.9 Å². The molecule has 3 atom stereocenters. The highest BCUT2D eigenvalue weighted by atomic mass is 16.5. The number of carbonyl (C=O) groups is 2. The van der Waals surface area contributed by atoms with Crippen molar-refractivity contribution >= 4 is 11.9 Å². The summed E-state index contributed by atoms with van der Waals surface area (Å²) in [6, 6.07) is 8.35. The van der Waals surface area contributed by atoms with Gasteiger partial charge in [0.15, 0.2) is 6.04 Å². The third kappa shape index (κ3) is 4.93. The zero-order valence-electron chi connectivity index (χ0n) is 14.5. The maximum Gasteiger partial charge on any atom is 0.333 e. The predicted octanol–water partition coefficient (Wildman–Crippen LogP) is 2.78. The summed E-state index contributed by atoms with van der Waals surface area (Å²) in [6.45, 7) is 4.56. The zero-order valence-corrected chi connectivity index (χ0v) is 14.5. The minimum absolute atomic E-state index is 0.0483. The maximum absolute atomic E-state index is 12.6. The molecule has 0 aliphatic carbocycles. The monoisotopic (exact) mass is 331 g/mol. The molecule has 0 bridgehead atoms. The smallest absolute Gasteiger partial charge is 0.333 e. The molecule has 2 rings (SSSR count). The van der Waals surface area contributed by atoms with E-state index in [1.165, 1.54) is 7.11 Å². The Morgan fingerprint density at radius 1 is 1.29 bits per heavy atom. The second-order valence-corrected chi connectivity index (χ2v) is 6.25. The van der Waals surface area contributed by atoms with Gasteiger partial charge >= 0.3 is 5.97 Å². The van der Waals surface area contributed by atoms with Crippen LogP contribution in [-0.2, 0) is 19.1 Å². The minimum atomic E-state index is -0.784. The summed E-state index contributed by atoms with van der Waals surface area (Å²) in [7, 11) is 1.32. The van der Waals surface area contributed by atoms with Crippen molar-refractivity contribution in [3.8, 4) is 0 Å². The number of esters is 1. The normalized spacial score (nSPS) is 21.5. The Kier molecular flexibility index (Phi) is 6.55. The van der Waals surface area contributed by atoms with E-state index < -0.39 is 12.0 Å². The summed E-state index contributed by atoms with van der Waals surface area (Å²) in [5.74, 6) is -0.776. The first-order chi connectivity index (χ1) is 11.5. The van der Waals surface area contributed by atoms with Crippen molar-refractivity contribution < 1.29 is 19.1 Å². The number of benzene rings is 1. The van der Waals surface area contributed by atoms with Gasteiger partial charge < -0.3 is 14.8 Å². The molecule has 1 aliphatic rings. The van der Waals surface area contributed by atoms with Gasteiger partial charge in [-0.1, -0.05) is 42.0 Å². The van der Waals surface area contributed by atoms with Crippen molar-refractivity contribution in [2.45, 2.75) is 38.8 Å². The van der Waals surface area contributed by atoms with E-state index in [0.29, 0.717) is 25.0 Å². The van der Waals surface area contributed by atoms with Crippen LogP contribution in [0.1, 0.15) is 38.3 Å². The Morgan fingerprint density at radius 3 is 2.62 bits per heavy atom. The van der Waals surface area contributed by atoms with Crippen LogP contribution in [0.5, 0.6) is 0 Å². The molecule has 5 heteroatoms. The molecule has 1 amide bonds. The van der Waals surface area contributed by atoms with Crippen LogP contribution < -0.4 is 5.32 Å². The van der Waals surface area contributed by atoms with Gasteiger partial charge in [0.05, 0.1) is 13.2 Å². The van der Waals surface area contributed by atoms with Gasteiger partial charge in [0.2, 0.25) is 5.91 Å². The van der Waals surface area contributed by atoms with Crippen LogP contribution in [0.3, 0.4) is 0 Å². The molecule has 1 aromatic rings. The number of hydrogen-bond donors (Lipinski definition) is 1. The topological polar surface area (TPSA) is 64.6 Å². The molecule has 0 saturated carbocycles. The SMILES string of the molecule is COC(=O)[C@H](NC(=O)[C@@H]1CCO[C@@H](C=C(C)C)C1)c1ccccc1. The molecule has 0 unspecified atom stereocenters. The number of carbonyl (C=O) groups excluding carboxylic acids is 2. The number of allylic oxidation sites excluding steroid dienone is 1. The quantitative estimate of drug-likeness (QED) is 0.665. The maximum atomic E-state index is 12.6. The molecule has 1 fully saturated rings. The van der Waals surface area contributed by atoms with E-state index in [4.69, 9.17) is 9.47 Å². The number of amides is 1. The van der Waals surface area contributed by atoms with Gasteiger partial charge in [0, 0.05) is 12.5 Å². The van der Waals surface area contributed by atoms with Crippen LogP contribution in [0.25, 0.3) is 0 Å². The molecule has 5 nitrogen and oxygen atoms in total. The highest BCUT2D eigenvalue weighted by Gasteiger charge is 2.31. The molecule has 1 heterocycles. The molecule has 130 valence electrons. The minimum Gasteiger partial charge on any atom is -0.467 e. The molecule has 0 aromatic heterocycles. The summed E-state index contributed by atoms with van der Waals surface area (Å²) >= 11 is 0. The van der Waals surface area contributed by atoms with Crippen molar-refractivity contribution in [1.82, 2.24) is 5.32 Å². The van der Waals surface area contributed by atoms with Crippen molar-refractivity contribution in [2.24, 2.45) is 5.92 Å². The van der Waals surface area contributed by atoms with Crippen LogP contribution in [0, 0.1) is 5.92 Å². The predicted molar refractivity (Wildman–Crippen MR) is 91.2 cm³/mol. The van der Waals surface area contributed by atoms with E-state index in [1.807, 2.05) is 38.1 Å². The first kappa shape index (κ1) is 18.2. The lowest BCUT2D eigenvalue weighted by Crippen LogP contribution is -2.41. The molecule has 1 N–H and O–H groups in total. The van der Waals surface area contributed by atoms with Crippen LogP contribution >= 0.6 is 0 Å². The highest BCUT2D eigenvalue weighted by Crippen LogP contribution is 2.24. The Balaban J connectivity index is 2.07. The van der Waals surface area contributed by atoms with Gasteiger partial charge in [-0.25, -0.2) is 4.79 Å². The number of rotatable bonds is 5. The highest BCUT2D eigenvalue weighted by molar-refractivity contribution is 5.86. The number of hydrogen-bond acceptors (Lipinski definition) is 4. The van der Waals surface area contributed by atoms with Crippen LogP contribution in [0.15, 0.2) is 42.0 Å². The Labute approximate surface area is 143 Å². The third-order valence-electron chi connectivity index (χ3n) is 4.06. The second-order valence-electron chi connectivity index (χ2n) is 6.25. The van der Waals surface area contributed by atoms with Gasteiger partial charge in [0.25, 0.3) is 0 Å². The average molecular weight is 331 g/mol. The summed E-state index contributed by atoms with van der Waals surface area (Å²) < 4.78 is 10.5. The van der Waals surface area contributed by atoms with E-state index in [1.54, 1.807) is 12.1 Å². The molecule has 0 spiro atoms. The number of ether oxygens (including phenoxy) is 2. The first-order valence-electron chi connectivity index (χ1n) is 8.21. The third-order valence-corrected chi connectivity index (χ3v) is 4.06. The van der Waals surface area contributed by atoms with Crippen molar-refractivity contribution in [1.29, 1.82) is 0 Å². The zero-order chi connectivity index (χ0) is 17.5. The molecule has 1 saturated heterocycles. The van der Waals surface area contributed by atoms with Gasteiger partial charge in [-0.05, 0) is 32.3 Å². The summed E-state index contributed by atoms with van der Waals surface area (Å²) in [4.78, 5) is 24.7. The van der Waals surface area contributed by atoms with Gasteiger partial charge in [-0.3, -0.25) is 4.79 Å². The van der Waals surface area contributed by atoms with E-state index in [2.05, 4.69) is 5.32 Å². The Hall–Kier alpha value is -2.14. The fourth-order valence-electron chi connectivity index (χ4n) is 2.86. The molecule has 1 aliphatic heterocycles. The second kappa shape index (κ2) is 8.64. The molecular formula is C19H25NO4. The van der Waals surface area contributed by atoms with Gasteiger partial charge in [-0.15, -0.1) is 0 Å². The van der Waals surface area contributed by atoms with Crippen molar-refractivity contribution in [3.05, 3.63) is 47.5 Å². The van der Waals surface area contributed by atoms with Crippen LogP contribution in [0.4, 0.5) is 0 Å². The van der Waals surface area contributed by atoms with Crippen LogP contribution in [-0.4, -0.2) is 31.7 Å². The van der Waals surface area contributed by atoms with E-state index >= 15 is 0 Å². The Bertz CT molecular complexity index is 593. The lowest BCUT2D eigenvalue weighted by atomic mass is 9.93. The standard InChI is InChI=1S/C19H25NO4/c1-13(2)11-16-12-15(9-10-24-16)18(21)20-17(19(22)23-3)14-7-5-4-6-8-14/h4-8,11,15-17H,9-10,12H2,1-3H3,(H,20,21)/t15-,16+,17-/m1/s1. The summed E-state index contributed by atoms with van der Waals surface area (Å²) in [6.07, 6.45) is 3.27. The average Bonchev–Trinajstić information content (AvgIpc) is 2.59. The molecular weight excluding hydrogens is 306 g/mol. The summed E-state index contributed by atoms with van der Waals surface area (Å²) in [5, 5.41) is 2.84. The molecule has 0 radical (unpaired) electrons. The fourth-order valence-corrected chi connectivity index (χ4v) is 2.86. The first-order valence-corrected chi connectivity index (χ1v) is 8.21. The number of methoxy groups -OCH3 is 1. The Morgan fingerprint density at radius 2 is 2.00 bits per heavy atom. The lowest BCUT2D eigenvalue weighted by Gasteiger charge is -2.28. The lowest BCUT2D eigenvalue weighted by molar-refractivity contribution is -0.146. The van der Waals surface area contributed by atoms with E-state index in [9.17, 15) is 9.59 Å². The number of nitrogens with one attached hydrogen (secondary N) is 1. The van der Waals surface area contributed by atoms with Crippen LogP contribution in [0.2, 0.25) is 0 Å². The van der Waals surface area contributed by atoms with Gasteiger partial charge in [0.1, 0.15) is 0 Å². The fraction of sp³-hybridized carbons (Fsp3) is 0.474. The van der Waals surface area contributed by atoms with Gasteiger partial charge in [-0.2, -0.15) is 0 Å². The van der Waals surface area contributed by atoms with Crippen molar-refractivity contribution in [3.63, 3.8) is 0 Å². The molecule has 24 heavy (non-hydrogen) atoms. The largest absolute Gasteiger partial charge is 0.467 e. The van der Waals surface area contributed by atoms with Crippen molar-refractivity contribution in [2.75, 3.05) is 13.7 Å². The van der Waals surface area contributed by atoms with E-state index in [0.717, 1.165) is 5.57 Å². The summed E-state index contributed by atoms with van der Waals surface area (Å²) in [5.41, 5.74) is 1.88. The molecule has 1 aromatic carbocycles.